The first-order valence-electron chi connectivity index (χ1n) is 21.1. The van der Waals surface area contributed by atoms with Crippen LogP contribution in [0.2, 0.25) is 0 Å². The molecule has 0 bridgehead atoms. The van der Waals surface area contributed by atoms with Crippen molar-refractivity contribution in [1.82, 2.24) is 33.2 Å². The van der Waals surface area contributed by atoms with Crippen molar-refractivity contribution >= 4 is 55.9 Å². The van der Waals surface area contributed by atoms with Crippen LogP contribution in [0.1, 0.15) is 33.9 Å². The lowest BCUT2D eigenvalue weighted by Crippen LogP contribution is -2.51. The van der Waals surface area contributed by atoms with Gasteiger partial charge in [0.15, 0.2) is 0 Å². The van der Waals surface area contributed by atoms with Gasteiger partial charge in [0.1, 0.15) is 23.8 Å². The standard InChI is InChI=1S/C46H56N8O6S.ClH/c1-33-43(41(50(4)48-33)32-60-36-19-17-35(18-20-36)52-26-28-53(29-27-52)61(57,58)49(2)3)40-14-8-13-38-39(15-9-31-59-42-16-7-11-34-10-5-6-12-37(34)42)45(46(55)56)54(44(38)40)30-25-51-23-21-47-22-24-51;/h5-8,10-14,16-20,47H,9,15,21-32H2,1-4H3,(H,55,56);1H. The summed E-state index contributed by atoms with van der Waals surface area (Å²) in [6, 6.07) is 28.3. The number of nitrogens with one attached hydrogen (secondary N) is 1. The molecule has 2 fully saturated rings. The van der Waals surface area contributed by atoms with Crippen molar-refractivity contribution in [2.75, 3.05) is 84.5 Å². The maximum Gasteiger partial charge on any atom is 0.352 e. The van der Waals surface area contributed by atoms with E-state index < -0.39 is 16.2 Å². The number of hydrogen-bond donors (Lipinski definition) is 2. The van der Waals surface area contributed by atoms with E-state index in [1.54, 1.807) is 14.1 Å². The van der Waals surface area contributed by atoms with E-state index in [4.69, 9.17) is 14.6 Å². The second-order valence-electron chi connectivity index (χ2n) is 16.0. The molecule has 2 aliphatic heterocycles. The van der Waals surface area contributed by atoms with Crippen LogP contribution < -0.4 is 19.7 Å². The minimum absolute atomic E-state index is 0. The molecule has 4 heterocycles. The zero-order chi connectivity index (χ0) is 42.7. The van der Waals surface area contributed by atoms with Gasteiger partial charge in [-0.2, -0.15) is 22.1 Å². The highest BCUT2D eigenvalue weighted by molar-refractivity contribution is 7.86. The van der Waals surface area contributed by atoms with Gasteiger partial charge in [-0.15, -0.1) is 12.4 Å². The molecule has 0 spiro atoms. The highest BCUT2D eigenvalue weighted by atomic mass is 35.5. The molecule has 0 saturated carbocycles. The van der Waals surface area contributed by atoms with Gasteiger partial charge in [-0.1, -0.05) is 54.6 Å². The number of hydrogen-bond acceptors (Lipinski definition) is 9. The number of anilines is 1. The Kier molecular flexibility index (Phi) is 14.1. The van der Waals surface area contributed by atoms with E-state index >= 15 is 0 Å². The first-order valence-corrected chi connectivity index (χ1v) is 22.5. The van der Waals surface area contributed by atoms with E-state index in [9.17, 15) is 18.3 Å². The van der Waals surface area contributed by atoms with Crippen molar-refractivity contribution < 1.29 is 27.8 Å². The first kappa shape index (κ1) is 44.9. The molecule has 14 nitrogen and oxygen atoms in total. The van der Waals surface area contributed by atoms with E-state index in [0.29, 0.717) is 63.6 Å². The lowest BCUT2D eigenvalue weighted by Gasteiger charge is -2.36. The van der Waals surface area contributed by atoms with E-state index in [1.165, 1.54) is 8.61 Å². The summed E-state index contributed by atoms with van der Waals surface area (Å²) in [7, 11) is 1.59. The molecular formula is C46H57ClN8O6S. The fourth-order valence-corrected chi connectivity index (χ4v) is 9.95. The van der Waals surface area contributed by atoms with Crippen LogP contribution in [0, 0.1) is 6.92 Å². The highest BCUT2D eigenvalue weighted by Crippen LogP contribution is 2.39. The van der Waals surface area contributed by atoms with Gasteiger partial charge in [0.05, 0.1) is 23.5 Å². The molecule has 0 amide bonds. The Morgan fingerprint density at radius 2 is 1.55 bits per heavy atom. The van der Waals surface area contributed by atoms with Crippen molar-refractivity contribution in [3.8, 4) is 22.6 Å². The topological polar surface area (TPSA) is 138 Å². The Labute approximate surface area is 370 Å². The second-order valence-corrected chi connectivity index (χ2v) is 18.1. The molecule has 0 atom stereocenters. The number of fused-ring (bicyclic) bond motifs is 2. The van der Waals surface area contributed by atoms with Gasteiger partial charge in [-0.3, -0.25) is 9.58 Å². The number of aromatic nitrogens is 3. The number of para-hydroxylation sites is 1. The van der Waals surface area contributed by atoms with Gasteiger partial charge < -0.3 is 29.4 Å². The van der Waals surface area contributed by atoms with Crippen LogP contribution in [-0.4, -0.2) is 127 Å². The third kappa shape index (κ3) is 9.29. The van der Waals surface area contributed by atoms with Crippen molar-refractivity contribution in [1.29, 1.82) is 0 Å². The number of rotatable bonds is 16. The maximum absolute atomic E-state index is 13.4. The Bertz CT molecular complexity index is 2610. The van der Waals surface area contributed by atoms with E-state index in [-0.39, 0.29) is 19.0 Å². The fourth-order valence-electron chi connectivity index (χ4n) is 8.87. The predicted molar refractivity (Wildman–Crippen MR) is 247 cm³/mol. The molecule has 6 aromatic rings. The van der Waals surface area contributed by atoms with Gasteiger partial charge in [0.2, 0.25) is 0 Å². The molecule has 2 aliphatic rings. The van der Waals surface area contributed by atoms with Crippen LogP contribution in [-0.2, 0) is 36.8 Å². The van der Waals surface area contributed by atoms with Crippen LogP contribution in [0.5, 0.6) is 11.5 Å². The van der Waals surface area contributed by atoms with Crippen LogP contribution in [0.3, 0.4) is 0 Å². The maximum atomic E-state index is 13.4. The van der Waals surface area contributed by atoms with Crippen molar-refractivity contribution in [2.45, 2.75) is 32.9 Å². The number of benzene rings is 4. The van der Waals surface area contributed by atoms with Gasteiger partial charge in [0, 0.05) is 114 Å². The number of carboxylic acids is 1. The highest BCUT2D eigenvalue weighted by Gasteiger charge is 2.30. The van der Waals surface area contributed by atoms with E-state index in [1.807, 2.05) is 77.8 Å². The fraction of sp³-hybridized carbons (Fsp3) is 0.391. The average molecular weight is 886 g/mol. The molecule has 330 valence electrons. The van der Waals surface area contributed by atoms with Crippen LogP contribution in [0.15, 0.2) is 84.9 Å². The molecule has 2 saturated heterocycles. The second kappa shape index (κ2) is 19.5. The van der Waals surface area contributed by atoms with Gasteiger partial charge in [-0.05, 0) is 61.0 Å². The Morgan fingerprint density at radius 3 is 2.27 bits per heavy atom. The lowest BCUT2D eigenvalue weighted by molar-refractivity contribution is 0.0683. The number of piperazine rings is 2. The van der Waals surface area contributed by atoms with Crippen LogP contribution >= 0.6 is 12.4 Å². The van der Waals surface area contributed by atoms with Crippen LogP contribution in [0.25, 0.3) is 32.8 Å². The van der Waals surface area contributed by atoms with Crippen molar-refractivity contribution in [3.05, 3.63) is 108 Å². The molecule has 0 aliphatic carbocycles. The summed E-state index contributed by atoms with van der Waals surface area (Å²) in [4.78, 5) is 17.9. The minimum Gasteiger partial charge on any atom is -0.493 e. The summed E-state index contributed by atoms with van der Waals surface area (Å²) in [5.74, 6) is 0.577. The number of halogens is 1. The van der Waals surface area contributed by atoms with E-state index in [0.717, 1.165) is 93.9 Å². The molecule has 4 aromatic carbocycles. The normalized spacial score (nSPS) is 15.3. The third-order valence-electron chi connectivity index (χ3n) is 12.0. The van der Waals surface area contributed by atoms with Gasteiger partial charge in [-0.25, -0.2) is 4.79 Å². The monoisotopic (exact) mass is 884 g/mol. The summed E-state index contributed by atoms with van der Waals surface area (Å²) in [6.07, 6.45) is 1.18. The summed E-state index contributed by atoms with van der Waals surface area (Å²) in [6.45, 7) is 9.61. The quantitative estimate of drug-likeness (QED) is 0.111. The minimum atomic E-state index is -3.44. The number of aryl methyl sites for hydroxylation is 3. The zero-order valence-electron chi connectivity index (χ0n) is 35.9. The number of aromatic carboxylic acids is 1. The SMILES string of the molecule is Cc1nn(C)c(COc2ccc(N3CCN(S(=O)(=O)N(C)C)CC3)cc2)c1-c1cccc2c(CCCOc3cccc4ccccc34)c(C(=O)O)n(CCN3CCNCC3)c12.Cl. The molecule has 0 radical (unpaired) electrons. The average Bonchev–Trinajstić information content (AvgIpc) is 3.75. The van der Waals surface area contributed by atoms with Gasteiger partial charge in [0.25, 0.3) is 10.2 Å². The Morgan fingerprint density at radius 1 is 0.855 bits per heavy atom. The lowest BCUT2D eigenvalue weighted by atomic mass is 9.98. The van der Waals surface area contributed by atoms with Crippen LogP contribution in [0.4, 0.5) is 5.69 Å². The van der Waals surface area contributed by atoms with Gasteiger partial charge >= 0.3 is 5.97 Å². The molecule has 2 aromatic heterocycles. The number of carbonyl (C=O) groups is 1. The number of carboxylic acid groups (broad SMARTS) is 1. The van der Waals surface area contributed by atoms with Crippen molar-refractivity contribution in [3.63, 3.8) is 0 Å². The molecule has 2 N–H and O–H groups in total. The molecule has 16 heteroatoms. The van der Waals surface area contributed by atoms with E-state index in [2.05, 4.69) is 45.4 Å². The predicted octanol–water partition coefficient (Wildman–Crippen LogP) is 6.05. The first-order chi connectivity index (χ1) is 29.5. The summed E-state index contributed by atoms with van der Waals surface area (Å²) >= 11 is 0. The molecule has 62 heavy (non-hydrogen) atoms. The summed E-state index contributed by atoms with van der Waals surface area (Å²) < 4.78 is 44.7. The smallest absolute Gasteiger partial charge is 0.352 e. The summed E-state index contributed by atoms with van der Waals surface area (Å²) in [5.41, 5.74) is 6.59. The Hall–Kier alpha value is -5.16. The molecular weight excluding hydrogens is 828 g/mol. The summed E-state index contributed by atoms with van der Waals surface area (Å²) in [5, 5.41) is 22.3. The zero-order valence-corrected chi connectivity index (χ0v) is 37.6. The number of nitrogens with zero attached hydrogens (tertiary/aromatic N) is 7. The molecule has 8 rings (SSSR count). The Balaban J connectivity index is 0.00000578. The third-order valence-corrected chi connectivity index (χ3v) is 14.0. The molecule has 0 unspecified atom stereocenters. The number of ether oxygens (including phenoxy) is 2. The van der Waals surface area contributed by atoms with Crippen molar-refractivity contribution in [2.24, 2.45) is 7.05 Å². The largest absolute Gasteiger partial charge is 0.493 e.